The van der Waals surface area contributed by atoms with Crippen molar-refractivity contribution >= 4 is 11.7 Å². The monoisotopic (exact) mass is 342 g/mol. The third kappa shape index (κ3) is 3.00. The fourth-order valence-corrected chi connectivity index (χ4v) is 2.78. The molecule has 1 fully saturated rings. The number of nitrogens with zero attached hydrogens (tertiary/aromatic N) is 5. The van der Waals surface area contributed by atoms with Crippen LogP contribution < -0.4 is 5.32 Å². The van der Waals surface area contributed by atoms with E-state index < -0.39 is 0 Å². The van der Waals surface area contributed by atoms with Crippen molar-refractivity contribution in [1.82, 2.24) is 19.9 Å². The number of nitriles is 1. The minimum absolute atomic E-state index is 0.216. The summed E-state index contributed by atoms with van der Waals surface area (Å²) < 4.78 is 0. The molecule has 2 heterocycles. The molecule has 1 N–H and O–H groups in total. The van der Waals surface area contributed by atoms with Gasteiger partial charge in [-0.25, -0.2) is 19.9 Å². The Hall–Kier alpha value is -3.66. The van der Waals surface area contributed by atoms with E-state index in [9.17, 15) is 4.79 Å². The van der Waals surface area contributed by atoms with Gasteiger partial charge in [0.05, 0.1) is 22.7 Å². The van der Waals surface area contributed by atoms with Gasteiger partial charge in [0.2, 0.25) is 5.95 Å². The van der Waals surface area contributed by atoms with Gasteiger partial charge in [-0.05, 0) is 25.0 Å². The molecule has 4 rings (SSSR count). The number of ketones is 1. The van der Waals surface area contributed by atoms with Crippen LogP contribution in [0.25, 0.3) is 0 Å². The summed E-state index contributed by atoms with van der Waals surface area (Å²) in [6.45, 7) is 0. The van der Waals surface area contributed by atoms with Gasteiger partial charge in [-0.1, -0.05) is 12.1 Å². The first-order chi connectivity index (χ1) is 12.7. The molecule has 0 saturated heterocycles. The van der Waals surface area contributed by atoms with Crippen molar-refractivity contribution in [3.63, 3.8) is 0 Å². The number of hydrogen-bond donors (Lipinski definition) is 1. The number of anilines is 1. The Morgan fingerprint density at radius 1 is 1.08 bits per heavy atom. The molecule has 0 aliphatic heterocycles. The van der Waals surface area contributed by atoms with Gasteiger partial charge in [0, 0.05) is 35.9 Å². The highest BCUT2D eigenvalue weighted by atomic mass is 16.1. The summed E-state index contributed by atoms with van der Waals surface area (Å²) in [5.41, 5.74) is 2.02. The summed E-state index contributed by atoms with van der Waals surface area (Å²) in [4.78, 5) is 29.2. The van der Waals surface area contributed by atoms with Gasteiger partial charge in [0.1, 0.15) is 6.33 Å². The number of carbonyl (C=O) groups is 1. The molecule has 26 heavy (non-hydrogen) atoms. The highest BCUT2D eigenvalue weighted by Crippen LogP contribution is 2.47. The normalized spacial score (nSPS) is 14.3. The number of nitrogens with one attached hydrogen (secondary N) is 1. The van der Waals surface area contributed by atoms with Crippen LogP contribution in [0, 0.1) is 11.3 Å². The Bertz CT molecular complexity index is 991. The lowest BCUT2D eigenvalue weighted by Gasteiger charge is -2.16. The largest absolute Gasteiger partial charge is 0.345 e. The third-order valence-electron chi connectivity index (χ3n) is 4.38. The van der Waals surface area contributed by atoms with Crippen molar-refractivity contribution in [2.24, 2.45) is 0 Å². The Balaban J connectivity index is 1.52. The molecule has 2 aromatic heterocycles. The summed E-state index contributed by atoms with van der Waals surface area (Å²) in [6, 6.07) is 8.59. The Kier molecular flexibility index (Phi) is 3.86. The lowest BCUT2D eigenvalue weighted by Crippen LogP contribution is -2.21. The van der Waals surface area contributed by atoms with Crippen LogP contribution >= 0.6 is 0 Å². The zero-order chi connectivity index (χ0) is 18.0. The summed E-state index contributed by atoms with van der Waals surface area (Å²) in [5.74, 6) is 0.236. The van der Waals surface area contributed by atoms with Crippen molar-refractivity contribution in [3.8, 4) is 6.07 Å². The van der Waals surface area contributed by atoms with Gasteiger partial charge >= 0.3 is 0 Å². The summed E-state index contributed by atoms with van der Waals surface area (Å²) >= 11 is 0. The minimum Gasteiger partial charge on any atom is -0.345 e. The molecule has 0 amide bonds. The van der Waals surface area contributed by atoms with Crippen molar-refractivity contribution in [1.29, 1.82) is 5.26 Å². The van der Waals surface area contributed by atoms with E-state index in [0.29, 0.717) is 22.6 Å². The molecule has 1 aromatic carbocycles. The highest BCUT2D eigenvalue weighted by molar-refractivity contribution is 6.08. The van der Waals surface area contributed by atoms with Gasteiger partial charge in [-0.2, -0.15) is 5.26 Å². The quantitative estimate of drug-likeness (QED) is 0.710. The first-order valence-electron chi connectivity index (χ1n) is 8.11. The molecular weight excluding hydrogens is 328 g/mol. The lowest BCUT2D eigenvalue weighted by molar-refractivity contribution is 0.103. The van der Waals surface area contributed by atoms with E-state index in [-0.39, 0.29) is 11.3 Å². The van der Waals surface area contributed by atoms with Crippen LogP contribution in [0.15, 0.2) is 55.4 Å². The maximum atomic E-state index is 12.5. The van der Waals surface area contributed by atoms with Crippen molar-refractivity contribution in [2.75, 3.05) is 5.32 Å². The van der Waals surface area contributed by atoms with Gasteiger partial charge in [0.15, 0.2) is 5.78 Å². The smallest absolute Gasteiger partial charge is 0.223 e. The second-order valence-corrected chi connectivity index (χ2v) is 6.15. The average Bonchev–Trinajstić information content (AvgIpc) is 3.49. The predicted molar refractivity (Wildman–Crippen MR) is 93.2 cm³/mol. The van der Waals surface area contributed by atoms with Crippen LogP contribution in [0.5, 0.6) is 0 Å². The fourth-order valence-electron chi connectivity index (χ4n) is 2.78. The zero-order valence-electron chi connectivity index (χ0n) is 13.8. The molecule has 1 aliphatic rings. The maximum Gasteiger partial charge on any atom is 0.223 e. The van der Waals surface area contributed by atoms with Crippen molar-refractivity contribution in [2.45, 2.75) is 18.4 Å². The molecule has 1 saturated carbocycles. The molecule has 3 aromatic rings. The third-order valence-corrected chi connectivity index (χ3v) is 4.38. The number of rotatable bonds is 5. The minimum atomic E-state index is -0.228. The zero-order valence-corrected chi connectivity index (χ0v) is 13.8. The number of aromatic nitrogens is 4. The Morgan fingerprint density at radius 3 is 2.46 bits per heavy atom. The Labute approximate surface area is 149 Å². The van der Waals surface area contributed by atoms with Crippen LogP contribution in [0.4, 0.5) is 5.95 Å². The van der Waals surface area contributed by atoms with E-state index in [1.54, 1.807) is 36.7 Å². The van der Waals surface area contributed by atoms with Crippen LogP contribution in [0.1, 0.15) is 39.9 Å². The van der Waals surface area contributed by atoms with Gasteiger partial charge < -0.3 is 5.32 Å². The van der Waals surface area contributed by atoms with Crippen LogP contribution in [-0.2, 0) is 5.54 Å². The van der Waals surface area contributed by atoms with Gasteiger partial charge in [-0.15, -0.1) is 0 Å². The van der Waals surface area contributed by atoms with E-state index in [1.807, 2.05) is 6.07 Å². The van der Waals surface area contributed by atoms with E-state index >= 15 is 0 Å². The Morgan fingerprint density at radius 2 is 1.81 bits per heavy atom. The topological polar surface area (TPSA) is 104 Å². The number of hydrogen-bond acceptors (Lipinski definition) is 7. The number of benzene rings is 1. The van der Waals surface area contributed by atoms with Crippen LogP contribution in [-0.4, -0.2) is 25.7 Å². The maximum absolute atomic E-state index is 12.5. The molecular formula is C19H14N6O. The van der Waals surface area contributed by atoms with Gasteiger partial charge in [0.25, 0.3) is 0 Å². The van der Waals surface area contributed by atoms with E-state index in [0.717, 1.165) is 18.4 Å². The second kappa shape index (κ2) is 6.33. The molecule has 1 aliphatic carbocycles. The number of carbonyl (C=O) groups excluding carboxylic acids is 1. The first kappa shape index (κ1) is 15.8. The average molecular weight is 342 g/mol. The van der Waals surface area contributed by atoms with E-state index in [4.69, 9.17) is 5.26 Å². The summed E-state index contributed by atoms with van der Waals surface area (Å²) in [5, 5.41) is 12.3. The molecule has 0 bridgehead atoms. The molecule has 0 unspecified atom stereocenters. The fraction of sp³-hybridized carbons (Fsp3) is 0.158. The van der Waals surface area contributed by atoms with E-state index in [2.05, 4.69) is 25.3 Å². The molecule has 0 radical (unpaired) electrons. The van der Waals surface area contributed by atoms with Crippen molar-refractivity contribution in [3.05, 3.63) is 77.6 Å². The van der Waals surface area contributed by atoms with E-state index in [1.165, 1.54) is 18.7 Å². The van der Waals surface area contributed by atoms with Crippen LogP contribution in [0.2, 0.25) is 0 Å². The standard InChI is InChI=1S/C19H14N6O/c20-7-13-2-1-3-14(6-13)17(26)15-8-23-18(24-9-15)25-19(4-5-19)16-10-21-12-22-11-16/h1-3,6,8-12H,4-5H2,(H,23,24,25). The molecule has 0 spiro atoms. The SMILES string of the molecule is N#Cc1cccc(C(=O)c2cnc(NC3(c4cncnc4)CC3)nc2)c1. The first-order valence-corrected chi connectivity index (χ1v) is 8.11. The second-order valence-electron chi connectivity index (χ2n) is 6.15. The highest BCUT2D eigenvalue weighted by Gasteiger charge is 2.45. The van der Waals surface area contributed by atoms with Crippen LogP contribution in [0.3, 0.4) is 0 Å². The summed E-state index contributed by atoms with van der Waals surface area (Å²) in [7, 11) is 0. The molecule has 7 nitrogen and oxygen atoms in total. The molecule has 126 valence electrons. The van der Waals surface area contributed by atoms with Crippen molar-refractivity contribution < 1.29 is 4.79 Å². The lowest BCUT2D eigenvalue weighted by atomic mass is 10.0. The molecule has 7 heteroatoms. The van der Waals surface area contributed by atoms with Gasteiger partial charge in [-0.3, -0.25) is 4.79 Å². The predicted octanol–water partition coefficient (Wildman–Crippen LogP) is 2.47. The summed E-state index contributed by atoms with van der Waals surface area (Å²) in [6.07, 6.45) is 9.96. The molecule has 0 atom stereocenters.